The number of fused-ring (bicyclic) bond motifs is 9. The van der Waals surface area contributed by atoms with Gasteiger partial charge in [0.15, 0.2) is 11.5 Å². The Morgan fingerprint density at radius 2 is 1.85 bits per heavy atom. The fourth-order valence-corrected chi connectivity index (χ4v) is 15.6. The quantitative estimate of drug-likeness (QED) is 0.0968. The van der Waals surface area contributed by atoms with Gasteiger partial charge in [-0.05, 0) is 133 Å². The molecule has 9 rings (SSSR count). The largest absolute Gasteiger partial charge is 0.504 e. The third-order valence-corrected chi connectivity index (χ3v) is 18.6. The second-order valence-electron chi connectivity index (χ2n) is 19.4. The van der Waals surface area contributed by atoms with Gasteiger partial charge in [-0.1, -0.05) is 52.6 Å². The van der Waals surface area contributed by atoms with E-state index in [9.17, 15) is 24.9 Å². The SMILES string of the molecule is CN[C@@H]1[C@H](O)[C@H]2C=C[C@H]1SSC[C@@](C)(O)CC[C@@H]([C@H](C[C@@H](OC(=O)[C@@]13CCCC[C@@H]1CCC(=O)N3)C1([C@H]3CC[C@@H]4CCOc5c(O)ccc3c54)CCNCC1)OC(C)=O)C2. The number of rotatable bonds is 9. The molecule has 4 fully saturated rings. The van der Waals surface area contributed by atoms with Crippen LogP contribution in [-0.4, -0.2) is 106 Å². The van der Waals surface area contributed by atoms with Crippen LogP contribution in [0.25, 0.3) is 0 Å². The number of phenols is 1. The highest BCUT2D eigenvalue weighted by molar-refractivity contribution is 8.77. The Balaban J connectivity index is 1.23. The van der Waals surface area contributed by atoms with Crippen LogP contribution in [0, 0.1) is 23.2 Å². The Kier molecular flexibility index (Phi) is 13.5. The molecular weight excluding hydrogens is 803 g/mol. The van der Waals surface area contributed by atoms with Crippen LogP contribution >= 0.6 is 21.6 Å². The number of nitrogens with one attached hydrogen (secondary N) is 3. The average Bonchev–Trinajstić information content (AvgIpc) is 3.23. The smallest absolute Gasteiger partial charge is 0.332 e. The van der Waals surface area contributed by atoms with E-state index in [0.29, 0.717) is 82.6 Å². The minimum absolute atomic E-state index is 0.0159. The highest BCUT2D eigenvalue weighted by Gasteiger charge is 2.57. The van der Waals surface area contributed by atoms with Crippen LogP contribution < -0.4 is 20.7 Å². The lowest BCUT2D eigenvalue weighted by molar-refractivity contribution is -0.182. The third-order valence-electron chi connectivity index (χ3n) is 15.7. The van der Waals surface area contributed by atoms with Crippen LogP contribution in [0.15, 0.2) is 24.3 Å². The molecule has 0 radical (unpaired) electrons. The Labute approximate surface area is 363 Å². The van der Waals surface area contributed by atoms with Crippen LogP contribution in [0.3, 0.4) is 0 Å². The molecule has 5 aliphatic heterocycles. The third kappa shape index (κ3) is 8.72. The zero-order chi connectivity index (χ0) is 42.2. The van der Waals surface area contributed by atoms with Crippen molar-refractivity contribution >= 4 is 39.4 Å². The van der Waals surface area contributed by atoms with E-state index in [1.807, 2.05) is 14.0 Å². The minimum atomic E-state index is -1.11. The molecule has 1 saturated carbocycles. The summed E-state index contributed by atoms with van der Waals surface area (Å²) in [5, 5.41) is 44.7. The number of carbonyl (C=O) groups is 3. The number of ether oxygens (including phenoxy) is 3. The van der Waals surface area contributed by atoms with E-state index in [1.54, 1.807) is 27.7 Å². The highest BCUT2D eigenvalue weighted by atomic mass is 33.1. The van der Waals surface area contributed by atoms with E-state index in [2.05, 4.69) is 34.2 Å². The van der Waals surface area contributed by atoms with Gasteiger partial charge in [-0.15, -0.1) is 0 Å². The number of phenolic OH excluding ortho intramolecular Hbond substituents is 1. The van der Waals surface area contributed by atoms with Crippen molar-refractivity contribution in [1.29, 1.82) is 0 Å². The summed E-state index contributed by atoms with van der Waals surface area (Å²) in [6, 6.07) is 3.59. The molecule has 1 aromatic rings. The van der Waals surface area contributed by atoms with Gasteiger partial charge in [0, 0.05) is 48.5 Å². The molecule has 0 unspecified atom stereocenters. The summed E-state index contributed by atoms with van der Waals surface area (Å²) in [5.41, 5.74) is -0.494. The second kappa shape index (κ2) is 18.3. The van der Waals surface area contributed by atoms with Crippen molar-refractivity contribution in [3.8, 4) is 11.5 Å². The van der Waals surface area contributed by atoms with Crippen molar-refractivity contribution < 1.29 is 43.9 Å². The number of likely N-dealkylation sites (N-methyl/N-ethyl adjacent to an activating group) is 1. The molecule has 1 aromatic carbocycles. The molecule has 1 amide bonds. The molecular formula is C46H67N3O9S2. The van der Waals surface area contributed by atoms with E-state index < -0.39 is 40.8 Å². The summed E-state index contributed by atoms with van der Waals surface area (Å²) in [4.78, 5) is 41.7. The summed E-state index contributed by atoms with van der Waals surface area (Å²) in [6.07, 6.45) is 12.2. The maximum absolute atomic E-state index is 15.3. The molecule has 3 aliphatic carbocycles. The molecule has 2 bridgehead atoms. The number of carbonyl (C=O) groups excluding carboxylic acids is 3. The number of aromatic hydroxyl groups is 1. The molecule has 12 nitrogen and oxygen atoms in total. The molecule has 6 N–H and O–H groups in total. The number of amides is 1. The second-order valence-corrected chi connectivity index (χ2v) is 21.9. The predicted octanol–water partition coefficient (Wildman–Crippen LogP) is 6.01. The molecule has 12 atom stereocenters. The average molecular weight is 870 g/mol. The first-order chi connectivity index (χ1) is 28.8. The summed E-state index contributed by atoms with van der Waals surface area (Å²) >= 11 is 0. The lowest BCUT2D eigenvalue weighted by Gasteiger charge is -2.53. The van der Waals surface area contributed by atoms with Crippen molar-refractivity contribution in [2.45, 2.75) is 163 Å². The van der Waals surface area contributed by atoms with Crippen LogP contribution in [-0.2, 0) is 23.9 Å². The van der Waals surface area contributed by atoms with E-state index in [0.717, 1.165) is 49.7 Å². The molecule has 332 valence electrons. The van der Waals surface area contributed by atoms with Gasteiger partial charge in [0.1, 0.15) is 17.7 Å². The first kappa shape index (κ1) is 44.1. The van der Waals surface area contributed by atoms with E-state index in [1.165, 1.54) is 6.92 Å². The first-order valence-electron chi connectivity index (χ1n) is 22.8. The molecule has 0 aromatic heterocycles. The molecule has 5 heterocycles. The molecule has 0 spiro atoms. The van der Waals surface area contributed by atoms with Gasteiger partial charge in [-0.25, -0.2) is 4.79 Å². The maximum atomic E-state index is 15.3. The van der Waals surface area contributed by atoms with Gasteiger partial charge in [0.2, 0.25) is 5.91 Å². The number of benzene rings is 1. The number of aliphatic hydroxyl groups excluding tert-OH is 1. The summed E-state index contributed by atoms with van der Waals surface area (Å²) in [5.74, 6) is -0.0561. The fraction of sp³-hybridized carbons (Fsp3) is 0.761. The monoisotopic (exact) mass is 869 g/mol. The van der Waals surface area contributed by atoms with Gasteiger partial charge in [0.25, 0.3) is 0 Å². The van der Waals surface area contributed by atoms with Crippen molar-refractivity contribution in [2.75, 3.05) is 32.5 Å². The standard InChI is InChI=1S/C46H67N3O9S2/c1-27(50)57-35(29-15-18-44(2,55)26-59-60-36-13-8-30(24-29)41(53)40(36)47-3)25-37(58-43(54)46-17-5-4-6-31(46)9-14-38(52)49-46)45(19-21-48-22-20-45)33-11-7-28-16-23-56-42-34(51)12-10-32(33)39(28)42/h8,10,12-13,28-31,33,35-37,40-41,47-48,51,53,55H,4-7,9,11,14-26H2,1-3H3,(H,49,52)/t28-,29-,30+,31-,33+,35+,36-,37-,40+,41-,44+,46-/m1/s1. The van der Waals surface area contributed by atoms with Crippen LogP contribution in [0.4, 0.5) is 0 Å². The Hall–Kier alpha value is -2.49. The molecule has 3 saturated heterocycles. The van der Waals surface area contributed by atoms with Gasteiger partial charge >= 0.3 is 11.9 Å². The van der Waals surface area contributed by atoms with E-state index in [4.69, 9.17) is 14.2 Å². The highest BCUT2D eigenvalue weighted by Crippen LogP contribution is 2.59. The fourth-order valence-electron chi connectivity index (χ4n) is 12.5. The lowest BCUT2D eigenvalue weighted by Crippen LogP contribution is -2.65. The summed E-state index contributed by atoms with van der Waals surface area (Å²) in [7, 11) is 5.15. The number of hydrogen-bond acceptors (Lipinski definition) is 13. The van der Waals surface area contributed by atoms with Gasteiger partial charge in [0.05, 0.1) is 23.6 Å². The number of piperidine rings is 2. The number of hydrogen-bond donors (Lipinski definition) is 6. The molecule has 8 aliphatic rings. The molecule has 60 heavy (non-hydrogen) atoms. The van der Waals surface area contributed by atoms with E-state index in [-0.39, 0.29) is 64.9 Å². The Morgan fingerprint density at radius 1 is 1.03 bits per heavy atom. The minimum Gasteiger partial charge on any atom is -0.504 e. The van der Waals surface area contributed by atoms with Crippen LogP contribution in [0.5, 0.6) is 11.5 Å². The topological polar surface area (TPSA) is 176 Å². The van der Waals surface area contributed by atoms with Gasteiger partial charge < -0.3 is 45.5 Å². The van der Waals surface area contributed by atoms with Crippen molar-refractivity contribution in [3.05, 3.63) is 35.4 Å². The normalized spacial score (nSPS) is 37.4. The van der Waals surface area contributed by atoms with Crippen molar-refractivity contribution in [2.24, 2.45) is 23.2 Å². The van der Waals surface area contributed by atoms with Crippen LogP contribution in [0.1, 0.15) is 133 Å². The zero-order valence-electron chi connectivity index (χ0n) is 35.6. The van der Waals surface area contributed by atoms with E-state index >= 15 is 4.79 Å². The Morgan fingerprint density at radius 3 is 2.63 bits per heavy atom. The van der Waals surface area contributed by atoms with Crippen molar-refractivity contribution in [1.82, 2.24) is 16.0 Å². The van der Waals surface area contributed by atoms with Gasteiger partial charge in [-0.3, -0.25) is 9.59 Å². The summed E-state index contributed by atoms with van der Waals surface area (Å²) in [6.45, 7) is 5.27. The van der Waals surface area contributed by atoms with Gasteiger partial charge in [-0.2, -0.15) is 0 Å². The Bertz CT molecular complexity index is 1770. The number of aliphatic hydroxyl groups is 2. The maximum Gasteiger partial charge on any atom is 0.332 e. The van der Waals surface area contributed by atoms with Crippen molar-refractivity contribution in [3.63, 3.8) is 0 Å². The lowest BCUT2D eigenvalue weighted by atomic mass is 9.57. The zero-order valence-corrected chi connectivity index (χ0v) is 37.3. The van der Waals surface area contributed by atoms with Crippen LogP contribution in [0.2, 0.25) is 0 Å². The molecule has 14 heteroatoms. The first-order valence-corrected chi connectivity index (χ1v) is 25.2. The summed E-state index contributed by atoms with van der Waals surface area (Å²) < 4.78 is 19.7. The number of esters is 2. The predicted molar refractivity (Wildman–Crippen MR) is 233 cm³/mol.